The molecular formula is C31H37N3O7. The number of benzene rings is 2. The molecular weight excluding hydrogens is 526 g/mol. The van der Waals surface area contributed by atoms with Crippen molar-refractivity contribution in [3.05, 3.63) is 77.9 Å². The van der Waals surface area contributed by atoms with Gasteiger partial charge in [0, 0.05) is 24.0 Å². The van der Waals surface area contributed by atoms with Gasteiger partial charge in [0.1, 0.15) is 36.3 Å². The van der Waals surface area contributed by atoms with E-state index in [9.17, 15) is 30.6 Å². The number of aromatic nitrogens is 2. The second-order valence-electron chi connectivity index (χ2n) is 10.8. The number of nitrogens with zero attached hydrogens (tertiary/aromatic N) is 2. The zero-order chi connectivity index (χ0) is 29.1. The van der Waals surface area contributed by atoms with Crippen LogP contribution in [-0.2, 0) is 4.74 Å². The number of aliphatic hydroxyl groups is 6. The van der Waals surface area contributed by atoms with Crippen molar-refractivity contribution < 1.29 is 35.4 Å². The Balaban J connectivity index is 1.16. The van der Waals surface area contributed by atoms with Crippen molar-refractivity contribution in [1.29, 1.82) is 0 Å². The first-order valence-corrected chi connectivity index (χ1v) is 13.9. The monoisotopic (exact) mass is 563 g/mol. The smallest absolute Gasteiger partial charge is 0.173 e. The summed E-state index contributed by atoms with van der Waals surface area (Å²) >= 11 is 0. The van der Waals surface area contributed by atoms with Gasteiger partial charge in [-0.05, 0) is 54.5 Å². The van der Waals surface area contributed by atoms with Gasteiger partial charge < -0.3 is 45.3 Å². The summed E-state index contributed by atoms with van der Waals surface area (Å²) in [7, 11) is 0. The van der Waals surface area contributed by atoms with Gasteiger partial charge in [-0.2, -0.15) is 0 Å². The number of nitrogens with one attached hydrogen (secondary N) is 1. The summed E-state index contributed by atoms with van der Waals surface area (Å²) in [6.07, 6.45) is -0.644. The fraction of sp³-hybridized carbons (Fsp3) is 0.452. The minimum Gasteiger partial charge on any atom is -0.394 e. The molecule has 218 valence electrons. The third-order valence-electron chi connectivity index (χ3n) is 8.03. The molecule has 0 radical (unpaired) electrons. The average molecular weight is 564 g/mol. The highest BCUT2D eigenvalue weighted by Gasteiger charge is 2.45. The Morgan fingerprint density at radius 1 is 1.00 bits per heavy atom. The largest absolute Gasteiger partial charge is 0.394 e. The molecule has 5 rings (SSSR count). The molecule has 41 heavy (non-hydrogen) atoms. The van der Waals surface area contributed by atoms with Crippen LogP contribution in [0.2, 0.25) is 0 Å². The Morgan fingerprint density at radius 2 is 1.66 bits per heavy atom. The maximum atomic E-state index is 10.4. The molecule has 7 atom stereocenters. The lowest BCUT2D eigenvalue weighted by Crippen LogP contribution is -2.65. The van der Waals surface area contributed by atoms with Crippen LogP contribution in [0.3, 0.4) is 0 Å². The Kier molecular flexibility index (Phi) is 9.19. The van der Waals surface area contributed by atoms with Gasteiger partial charge >= 0.3 is 0 Å². The van der Waals surface area contributed by atoms with Gasteiger partial charge in [0.25, 0.3) is 0 Å². The van der Waals surface area contributed by atoms with Crippen LogP contribution in [0.25, 0.3) is 11.1 Å². The van der Waals surface area contributed by atoms with E-state index >= 15 is 0 Å². The third-order valence-corrected chi connectivity index (χ3v) is 8.03. The van der Waals surface area contributed by atoms with Crippen LogP contribution in [-0.4, -0.2) is 90.1 Å². The maximum Gasteiger partial charge on any atom is 0.173 e. The van der Waals surface area contributed by atoms with Crippen molar-refractivity contribution in [3.63, 3.8) is 0 Å². The highest BCUT2D eigenvalue weighted by atomic mass is 16.6. The van der Waals surface area contributed by atoms with E-state index in [4.69, 9.17) is 4.74 Å². The molecule has 2 heterocycles. The van der Waals surface area contributed by atoms with Crippen LogP contribution in [0.4, 0.5) is 0 Å². The summed E-state index contributed by atoms with van der Waals surface area (Å²) in [4.78, 5) is 4.14. The van der Waals surface area contributed by atoms with Crippen molar-refractivity contribution in [1.82, 2.24) is 14.9 Å². The van der Waals surface area contributed by atoms with Crippen LogP contribution in [0.15, 0.2) is 60.9 Å². The molecule has 1 saturated carbocycles. The number of imidazole rings is 1. The summed E-state index contributed by atoms with van der Waals surface area (Å²) in [6.45, 7) is 0.949. The number of hydrogen-bond donors (Lipinski definition) is 7. The molecule has 0 amide bonds. The van der Waals surface area contributed by atoms with Crippen LogP contribution in [0, 0.1) is 11.8 Å². The summed E-state index contributed by atoms with van der Waals surface area (Å²) in [5, 5.41) is 62.8. The second kappa shape index (κ2) is 12.8. The van der Waals surface area contributed by atoms with E-state index < -0.39 is 49.4 Å². The summed E-state index contributed by atoms with van der Waals surface area (Å²) in [5.41, 5.74) is 4.16. The van der Waals surface area contributed by atoms with E-state index in [0.29, 0.717) is 11.7 Å². The van der Waals surface area contributed by atoms with Crippen molar-refractivity contribution in [2.24, 2.45) is 0 Å². The van der Waals surface area contributed by atoms with E-state index in [1.54, 1.807) is 23.9 Å². The summed E-state index contributed by atoms with van der Waals surface area (Å²) in [5.74, 6) is 6.97. The molecule has 2 aromatic carbocycles. The van der Waals surface area contributed by atoms with Crippen LogP contribution in [0.5, 0.6) is 0 Å². The topological polar surface area (TPSA) is 160 Å². The maximum absolute atomic E-state index is 10.4. The molecule has 1 aromatic heterocycles. The molecule has 10 nitrogen and oxygen atoms in total. The minimum absolute atomic E-state index is 0.0712. The average Bonchev–Trinajstić information content (AvgIpc) is 3.45. The number of ether oxygens (including phenoxy) is 1. The minimum atomic E-state index is -1.31. The number of hydrogen-bond acceptors (Lipinski definition) is 9. The van der Waals surface area contributed by atoms with Crippen LogP contribution in [0.1, 0.15) is 54.8 Å². The van der Waals surface area contributed by atoms with E-state index in [1.807, 2.05) is 24.3 Å². The van der Waals surface area contributed by atoms with Gasteiger partial charge in [-0.25, -0.2) is 4.98 Å². The molecule has 7 unspecified atom stereocenters. The molecule has 2 aliphatic rings. The quantitative estimate of drug-likeness (QED) is 0.197. The summed E-state index contributed by atoms with van der Waals surface area (Å²) in [6, 6.07) is 15.0. The molecule has 1 saturated heterocycles. The predicted octanol–water partition coefficient (Wildman–Crippen LogP) is 0.824. The molecule has 1 aliphatic carbocycles. The van der Waals surface area contributed by atoms with Crippen molar-refractivity contribution >= 4 is 0 Å². The van der Waals surface area contributed by atoms with Gasteiger partial charge in [0.15, 0.2) is 6.29 Å². The summed E-state index contributed by atoms with van der Waals surface area (Å²) < 4.78 is 6.92. The highest BCUT2D eigenvalue weighted by molar-refractivity contribution is 5.64. The molecule has 7 N–H and O–H groups in total. The normalized spacial score (nSPS) is 29.2. The standard InChI is InChI=1S/C31H37N3O7/c1-18(37)30-32-12-13-34(30)25(16-35)11-4-19-2-5-20(6-3-19)21-7-9-22(10-8-21)23-14-24(15-23)33-27-29(39)28(38)26(17-36)41-31(27)40/h2-3,5-10,12-13,18,23-29,31,33,35-40H,14-17H2,1H3. The van der Waals surface area contributed by atoms with Crippen molar-refractivity contribution in [3.8, 4) is 23.0 Å². The first-order valence-electron chi connectivity index (χ1n) is 13.9. The van der Waals surface area contributed by atoms with E-state index in [-0.39, 0.29) is 12.6 Å². The van der Waals surface area contributed by atoms with Crippen molar-refractivity contribution in [2.75, 3.05) is 13.2 Å². The molecule has 0 spiro atoms. The van der Waals surface area contributed by atoms with Gasteiger partial charge in [0.05, 0.1) is 19.3 Å². The fourth-order valence-electron chi connectivity index (χ4n) is 5.55. The Labute approximate surface area is 238 Å². The molecule has 3 aromatic rings. The highest BCUT2D eigenvalue weighted by Crippen LogP contribution is 2.38. The third kappa shape index (κ3) is 6.38. The lowest BCUT2D eigenvalue weighted by atomic mass is 9.75. The Bertz CT molecular complexity index is 1340. The van der Waals surface area contributed by atoms with Gasteiger partial charge in [-0.1, -0.05) is 48.2 Å². The second-order valence-corrected chi connectivity index (χ2v) is 10.8. The van der Waals surface area contributed by atoms with Gasteiger partial charge in [-0.15, -0.1) is 0 Å². The van der Waals surface area contributed by atoms with E-state index in [2.05, 4.69) is 46.4 Å². The molecule has 2 fully saturated rings. The molecule has 1 aliphatic heterocycles. The molecule has 10 heteroatoms. The lowest BCUT2D eigenvalue weighted by molar-refractivity contribution is -0.256. The van der Waals surface area contributed by atoms with E-state index in [0.717, 1.165) is 29.5 Å². The number of rotatable bonds is 8. The zero-order valence-electron chi connectivity index (χ0n) is 22.8. The zero-order valence-corrected chi connectivity index (χ0v) is 22.8. The Morgan fingerprint density at radius 3 is 2.27 bits per heavy atom. The van der Waals surface area contributed by atoms with Crippen molar-refractivity contribution in [2.45, 2.75) is 74.5 Å². The fourth-order valence-corrected chi connectivity index (χ4v) is 5.55. The van der Waals surface area contributed by atoms with Crippen LogP contribution < -0.4 is 5.32 Å². The predicted molar refractivity (Wildman–Crippen MR) is 150 cm³/mol. The first-order chi connectivity index (χ1) is 19.8. The molecule has 0 bridgehead atoms. The van der Waals surface area contributed by atoms with Crippen LogP contribution >= 0.6 is 0 Å². The van der Waals surface area contributed by atoms with E-state index in [1.165, 1.54) is 5.56 Å². The van der Waals surface area contributed by atoms with Gasteiger partial charge in [-0.3, -0.25) is 0 Å². The SMILES string of the molecule is CC(O)c1nccn1C(C#Cc1ccc(-c2ccc(C3CC(NC4C(O)OC(CO)C(O)C4O)C3)cc2)cc1)CO. The van der Waals surface area contributed by atoms with Gasteiger partial charge in [0.2, 0.25) is 0 Å². The number of aliphatic hydroxyl groups excluding tert-OH is 6. The first kappa shape index (κ1) is 29.4. The Hall–Kier alpha value is -3.11. The lowest BCUT2D eigenvalue weighted by Gasteiger charge is -2.45.